The third-order valence-corrected chi connectivity index (χ3v) is 4.21. The van der Waals surface area contributed by atoms with Crippen LogP contribution in [0.5, 0.6) is 0 Å². The summed E-state index contributed by atoms with van der Waals surface area (Å²) in [5, 5.41) is 9.45. The van der Waals surface area contributed by atoms with Gasteiger partial charge in [0, 0.05) is 19.6 Å². The highest BCUT2D eigenvalue weighted by Crippen LogP contribution is 2.26. The Labute approximate surface area is 109 Å². The summed E-state index contributed by atoms with van der Waals surface area (Å²) in [5.41, 5.74) is 0. The summed E-state index contributed by atoms with van der Waals surface area (Å²) in [5.74, 6) is -0.505. The lowest BCUT2D eigenvalue weighted by atomic mass is 9.84. The maximum atomic E-state index is 11.5. The average molecular weight is 256 g/mol. The van der Waals surface area contributed by atoms with Gasteiger partial charge in [-0.15, -0.1) is 0 Å². The van der Waals surface area contributed by atoms with E-state index in [-0.39, 0.29) is 5.92 Å². The lowest BCUT2D eigenvalue weighted by molar-refractivity contribution is -0.145. The SMILES string of the molecule is CN1CCC(C(CN2CCOCC2)C(=O)O)CC1. The second kappa shape index (κ2) is 6.50. The Morgan fingerprint density at radius 2 is 1.89 bits per heavy atom. The molecule has 1 atom stereocenters. The van der Waals surface area contributed by atoms with Gasteiger partial charge in [-0.05, 0) is 38.9 Å². The van der Waals surface area contributed by atoms with Gasteiger partial charge in [-0.3, -0.25) is 9.69 Å². The van der Waals surface area contributed by atoms with Gasteiger partial charge in [0.05, 0.1) is 19.1 Å². The van der Waals surface area contributed by atoms with E-state index in [0.29, 0.717) is 12.5 Å². The second-order valence-electron chi connectivity index (χ2n) is 5.50. The number of piperidine rings is 1. The molecule has 5 heteroatoms. The molecule has 0 aromatic heterocycles. The molecule has 0 aromatic carbocycles. The molecule has 104 valence electrons. The molecule has 5 nitrogen and oxygen atoms in total. The monoisotopic (exact) mass is 256 g/mol. The van der Waals surface area contributed by atoms with Crippen LogP contribution in [0.2, 0.25) is 0 Å². The fraction of sp³-hybridized carbons (Fsp3) is 0.923. The summed E-state index contributed by atoms with van der Waals surface area (Å²) in [6.07, 6.45) is 2.02. The minimum absolute atomic E-state index is 0.211. The Hall–Kier alpha value is -0.650. The van der Waals surface area contributed by atoms with Crippen LogP contribution in [0, 0.1) is 11.8 Å². The highest BCUT2D eigenvalue weighted by molar-refractivity contribution is 5.70. The molecule has 1 N–H and O–H groups in total. The third kappa shape index (κ3) is 3.67. The molecular weight excluding hydrogens is 232 g/mol. The number of ether oxygens (including phenoxy) is 1. The highest BCUT2D eigenvalue weighted by atomic mass is 16.5. The minimum Gasteiger partial charge on any atom is -0.481 e. The lowest BCUT2D eigenvalue weighted by Crippen LogP contribution is -2.45. The molecule has 0 bridgehead atoms. The van der Waals surface area contributed by atoms with Crippen molar-refractivity contribution < 1.29 is 14.6 Å². The van der Waals surface area contributed by atoms with Crippen LogP contribution in [-0.4, -0.2) is 73.9 Å². The van der Waals surface area contributed by atoms with Crippen molar-refractivity contribution in [1.82, 2.24) is 9.80 Å². The van der Waals surface area contributed by atoms with Crippen molar-refractivity contribution in [2.75, 3.05) is 53.0 Å². The van der Waals surface area contributed by atoms with Crippen molar-refractivity contribution in [1.29, 1.82) is 0 Å². The molecular formula is C13H24N2O3. The summed E-state index contributed by atoms with van der Waals surface area (Å²) in [6, 6.07) is 0. The van der Waals surface area contributed by atoms with Gasteiger partial charge in [0.25, 0.3) is 0 Å². The number of hydrogen-bond donors (Lipinski definition) is 1. The normalized spacial score (nSPS) is 26.1. The average Bonchev–Trinajstić information content (AvgIpc) is 2.38. The molecule has 0 radical (unpaired) electrons. The molecule has 2 fully saturated rings. The van der Waals surface area contributed by atoms with Gasteiger partial charge in [-0.2, -0.15) is 0 Å². The quantitative estimate of drug-likeness (QED) is 0.787. The standard InChI is InChI=1S/C13H24N2O3/c1-14-4-2-11(3-5-14)12(13(16)17)10-15-6-8-18-9-7-15/h11-12H,2-10H2,1H3,(H,16,17). The predicted octanol–water partition coefficient (Wildman–Crippen LogP) is 0.361. The molecule has 2 heterocycles. The molecule has 0 aliphatic carbocycles. The largest absolute Gasteiger partial charge is 0.481 e. The molecule has 0 spiro atoms. The van der Waals surface area contributed by atoms with E-state index >= 15 is 0 Å². The van der Waals surface area contributed by atoms with Crippen molar-refractivity contribution in [2.24, 2.45) is 11.8 Å². The van der Waals surface area contributed by atoms with Crippen LogP contribution >= 0.6 is 0 Å². The number of morpholine rings is 1. The van der Waals surface area contributed by atoms with Crippen molar-refractivity contribution in [3.05, 3.63) is 0 Å². The fourth-order valence-corrected chi connectivity index (χ4v) is 2.92. The summed E-state index contributed by atoms with van der Waals surface area (Å²) in [4.78, 5) is 16.0. The van der Waals surface area contributed by atoms with Crippen LogP contribution in [0.4, 0.5) is 0 Å². The number of aliphatic carboxylic acids is 1. The Balaban J connectivity index is 1.88. The van der Waals surface area contributed by atoms with Crippen molar-refractivity contribution in [3.8, 4) is 0 Å². The van der Waals surface area contributed by atoms with Crippen LogP contribution in [0.15, 0.2) is 0 Å². The van der Waals surface area contributed by atoms with Crippen molar-refractivity contribution in [3.63, 3.8) is 0 Å². The van der Waals surface area contributed by atoms with Gasteiger partial charge in [0.15, 0.2) is 0 Å². The zero-order valence-corrected chi connectivity index (χ0v) is 11.2. The van der Waals surface area contributed by atoms with Crippen LogP contribution in [0.25, 0.3) is 0 Å². The minimum atomic E-state index is -0.629. The Morgan fingerprint density at radius 1 is 1.28 bits per heavy atom. The van der Waals surface area contributed by atoms with Gasteiger partial charge < -0.3 is 14.7 Å². The summed E-state index contributed by atoms with van der Waals surface area (Å²) in [7, 11) is 2.11. The molecule has 0 amide bonds. The van der Waals surface area contributed by atoms with E-state index in [1.54, 1.807) is 0 Å². The first-order valence-corrected chi connectivity index (χ1v) is 6.88. The van der Waals surface area contributed by atoms with Gasteiger partial charge in [-0.1, -0.05) is 0 Å². The van der Waals surface area contributed by atoms with Crippen LogP contribution < -0.4 is 0 Å². The summed E-state index contributed by atoms with van der Waals surface area (Å²) < 4.78 is 5.31. The smallest absolute Gasteiger partial charge is 0.308 e. The Bertz CT molecular complexity index is 271. The number of rotatable bonds is 4. The highest BCUT2D eigenvalue weighted by Gasteiger charge is 2.32. The fourth-order valence-electron chi connectivity index (χ4n) is 2.92. The first-order valence-electron chi connectivity index (χ1n) is 6.88. The predicted molar refractivity (Wildman–Crippen MR) is 68.6 cm³/mol. The maximum Gasteiger partial charge on any atom is 0.308 e. The van der Waals surface area contributed by atoms with E-state index < -0.39 is 5.97 Å². The molecule has 2 aliphatic heterocycles. The van der Waals surface area contributed by atoms with Crippen LogP contribution in [0.1, 0.15) is 12.8 Å². The summed E-state index contributed by atoms with van der Waals surface area (Å²) in [6.45, 7) is 5.95. The zero-order chi connectivity index (χ0) is 13.0. The van der Waals surface area contributed by atoms with E-state index in [1.807, 2.05) is 0 Å². The number of carboxylic acids is 1. The van der Waals surface area contributed by atoms with E-state index in [4.69, 9.17) is 4.74 Å². The molecule has 1 unspecified atom stereocenters. The molecule has 2 saturated heterocycles. The Morgan fingerprint density at radius 3 is 2.44 bits per heavy atom. The first kappa shape index (κ1) is 13.8. The number of nitrogens with zero attached hydrogens (tertiary/aromatic N) is 2. The molecule has 0 saturated carbocycles. The topological polar surface area (TPSA) is 53.0 Å². The van der Waals surface area contributed by atoms with E-state index in [0.717, 1.165) is 52.2 Å². The van der Waals surface area contributed by atoms with E-state index in [2.05, 4.69) is 16.8 Å². The van der Waals surface area contributed by atoms with Gasteiger partial charge in [0.1, 0.15) is 0 Å². The number of carboxylic acid groups (broad SMARTS) is 1. The third-order valence-electron chi connectivity index (χ3n) is 4.21. The Kier molecular flexibility index (Phi) is 4.97. The van der Waals surface area contributed by atoms with Crippen LogP contribution in [0.3, 0.4) is 0 Å². The number of hydrogen-bond acceptors (Lipinski definition) is 4. The molecule has 0 aromatic rings. The van der Waals surface area contributed by atoms with Crippen LogP contribution in [-0.2, 0) is 9.53 Å². The number of likely N-dealkylation sites (tertiary alicyclic amines) is 1. The molecule has 2 rings (SSSR count). The van der Waals surface area contributed by atoms with E-state index in [9.17, 15) is 9.90 Å². The van der Waals surface area contributed by atoms with Gasteiger partial charge in [-0.25, -0.2) is 0 Å². The molecule has 2 aliphatic rings. The zero-order valence-electron chi connectivity index (χ0n) is 11.2. The lowest BCUT2D eigenvalue weighted by Gasteiger charge is -2.36. The second-order valence-corrected chi connectivity index (χ2v) is 5.50. The number of carbonyl (C=O) groups is 1. The van der Waals surface area contributed by atoms with Gasteiger partial charge in [0.2, 0.25) is 0 Å². The van der Waals surface area contributed by atoms with Crippen molar-refractivity contribution >= 4 is 5.97 Å². The summed E-state index contributed by atoms with van der Waals surface area (Å²) >= 11 is 0. The first-order chi connectivity index (χ1) is 8.66. The maximum absolute atomic E-state index is 11.5. The van der Waals surface area contributed by atoms with Gasteiger partial charge >= 0.3 is 5.97 Å². The van der Waals surface area contributed by atoms with Crippen molar-refractivity contribution in [2.45, 2.75) is 12.8 Å². The van der Waals surface area contributed by atoms with E-state index in [1.165, 1.54) is 0 Å². The molecule has 18 heavy (non-hydrogen) atoms.